The lowest BCUT2D eigenvalue weighted by Gasteiger charge is -2.18. The highest BCUT2D eigenvalue weighted by Crippen LogP contribution is 2.35. The minimum atomic E-state index is -5.81. The van der Waals surface area contributed by atoms with Gasteiger partial charge < -0.3 is 9.47 Å². The van der Waals surface area contributed by atoms with E-state index in [0.717, 1.165) is 0 Å². The Balaban J connectivity index is 4.08. The fourth-order valence-corrected chi connectivity index (χ4v) is 0.484. The van der Waals surface area contributed by atoms with Crippen LogP contribution in [-0.2, 0) is 19.1 Å². The second kappa shape index (κ2) is 5.60. The standard InChI is InChI=1S/C8H7F5O4/c1-2-5(14)16-3-6(15)17-4-7(9,10)8(11,12)13/h2H,1,3-4H2. The fraction of sp³-hybridized carbons (Fsp3) is 0.500. The molecule has 0 N–H and O–H groups in total. The van der Waals surface area contributed by atoms with Crippen molar-refractivity contribution in [2.45, 2.75) is 12.1 Å². The molecule has 0 amide bonds. The zero-order valence-corrected chi connectivity index (χ0v) is 8.22. The molecule has 0 aromatic carbocycles. The molecule has 0 bridgehead atoms. The number of halogens is 5. The van der Waals surface area contributed by atoms with E-state index < -0.39 is 37.3 Å². The van der Waals surface area contributed by atoms with Gasteiger partial charge in [-0.1, -0.05) is 6.58 Å². The number of rotatable bonds is 5. The molecule has 4 nitrogen and oxygen atoms in total. The van der Waals surface area contributed by atoms with Crippen molar-refractivity contribution in [3.05, 3.63) is 12.7 Å². The third kappa shape index (κ3) is 5.27. The van der Waals surface area contributed by atoms with Gasteiger partial charge in [0, 0.05) is 6.08 Å². The molecule has 0 atom stereocenters. The van der Waals surface area contributed by atoms with Crippen LogP contribution in [0, 0.1) is 0 Å². The van der Waals surface area contributed by atoms with Gasteiger partial charge in [0.15, 0.2) is 13.2 Å². The second-order valence-electron chi connectivity index (χ2n) is 2.67. The quantitative estimate of drug-likeness (QED) is 0.427. The number of carbonyl (C=O) groups excluding carboxylic acids is 2. The highest BCUT2D eigenvalue weighted by atomic mass is 19.4. The first-order valence-corrected chi connectivity index (χ1v) is 3.99. The molecule has 0 aromatic rings. The van der Waals surface area contributed by atoms with Crippen molar-refractivity contribution in [3.63, 3.8) is 0 Å². The Kier molecular flexibility index (Phi) is 5.05. The normalized spacial score (nSPS) is 11.8. The van der Waals surface area contributed by atoms with E-state index in [1.54, 1.807) is 0 Å². The van der Waals surface area contributed by atoms with Crippen LogP contribution in [0.5, 0.6) is 0 Å². The van der Waals surface area contributed by atoms with E-state index in [1.807, 2.05) is 0 Å². The lowest BCUT2D eigenvalue weighted by Crippen LogP contribution is -2.41. The molecule has 17 heavy (non-hydrogen) atoms. The van der Waals surface area contributed by atoms with Crippen LogP contribution < -0.4 is 0 Å². The van der Waals surface area contributed by atoms with Crippen molar-refractivity contribution in [3.8, 4) is 0 Å². The van der Waals surface area contributed by atoms with Crippen molar-refractivity contribution in [1.82, 2.24) is 0 Å². The average molecular weight is 262 g/mol. The largest absolute Gasteiger partial charge is 0.456 e. The van der Waals surface area contributed by atoms with Crippen LogP contribution >= 0.6 is 0 Å². The van der Waals surface area contributed by atoms with Gasteiger partial charge in [-0.3, -0.25) is 0 Å². The highest BCUT2D eigenvalue weighted by Gasteiger charge is 2.58. The number of ether oxygens (including phenoxy) is 2. The molecule has 0 aliphatic carbocycles. The van der Waals surface area contributed by atoms with Crippen LogP contribution in [0.4, 0.5) is 22.0 Å². The van der Waals surface area contributed by atoms with Crippen molar-refractivity contribution >= 4 is 11.9 Å². The summed E-state index contributed by atoms with van der Waals surface area (Å²) in [6.45, 7) is -0.276. The number of carbonyl (C=O) groups is 2. The van der Waals surface area contributed by atoms with Crippen molar-refractivity contribution < 1.29 is 41.0 Å². The van der Waals surface area contributed by atoms with E-state index in [0.29, 0.717) is 6.08 Å². The van der Waals surface area contributed by atoms with Crippen LogP contribution in [0.25, 0.3) is 0 Å². The molecular weight excluding hydrogens is 255 g/mol. The first-order chi connectivity index (χ1) is 7.60. The van der Waals surface area contributed by atoms with E-state index in [-0.39, 0.29) is 0 Å². The molecule has 0 rings (SSSR count). The Bertz CT molecular complexity index is 310. The van der Waals surface area contributed by atoms with E-state index in [4.69, 9.17) is 0 Å². The Morgan fingerprint density at radius 3 is 2.06 bits per heavy atom. The molecule has 98 valence electrons. The summed E-state index contributed by atoms with van der Waals surface area (Å²) in [7, 11) is 0. The van der Waals surface area contributed by atoms with Gasteiger partial charge in [0.25, 0.3) is 0 Å². The highest BCUT2D eigenvalue weighted by molar-refractivity contribution is 5.83. The summed E-state index contributed by atoms with van der Waals surface area (Å²) >= 11 is 0. The molecule has 0 aliphatic heterocycles. The average Bonchev–Trinajstić information content (AvgIpc) is 2.21. The Morgan fingerprint density at radius 1 is 1.12 bits per heavy atom. The molecule has 0 aromatic heterocycles. The molecule has 0 radical (unpaired) electrons. The summed E-state index contributed by atoms with van der Waals surface area (Å²) in [5.74, 6) is -7.71. The molecular formula is C8H7F5O4. The maximum atomic E-state index is 12.2. The van der Waals surface area contributed by atoms with Gasteiger partial charge in [-0.15, -0.1) is 0 Å². The zero-order valence-electron chi connectivity index (χ0n) is 8.22. The topological polar surface area (TPSA) is 52.6 Å². The number of alkyl halides is 5. The van der Waals surface area contributed by atoms with Crippen LogP contribution in [0.1, 0.15) is 0 Å². The van der Waals surface area contributed by atoms with Gasteiger partial charge in [0.05, 0.1) is 0 Å². The maximum Gasteiger partial charge on any atom is 0.456 e. The first-order valence-electron chi connectivity index (χ1n) is 3.99. The molecule has 0 saturated heterocycles. The van der Waals surface area contributed by atoms with Gasteiger partial charge >= 0.3 is 24.0 Å². The van der Waals surface area contributed by atoms with Crippen LogP contribution in [0.2, 0.25) is 0 Å². The number of esters is 2. The van der Waals surface area contributed by atoms with Gasteiger partial charge in [0.2, 0.25) is 0 Å². The predicted octanol–water partition coefficient (Wildman–Crippen LogP) is 1.46. The fourth-order valence-electron chi connectivity index (χ4n) is 0.484. The summed E-state index contributed by atoms with van der Waals surface area (Å²) in [5, 5.41) is 0. The Labute approximate surface area is 92.0 Å². The zero-order chi connectivity index (χ0) is 13.7. The lowest BCUT2D eigenvalue weighted by atomic mass is 10.3. The maximum absolute atomic E-state index is 12.2. The third-order valence-corrected chi connectivity index (χ3v) is 1.33. The van der Waals surface area contributed by atoms with Crippen LogP contribution in [0.15, 0.2) is 12.7 Å². The SMILES string of the molecule is C=CC(=O)OCC(=O)OCC(F)(F)C(F)(F)F. The summed E-state index contributed by atoms with van der Waals surface area (Å²) in [6.07, 6.45) is -5.14. The third-order valence-electron chi connectivity index (χ3n) is 1.33. The van der Waals surface area contributed by atoms with Crippen molar-refractivity contribution in [2.75, 3.05) is 13.2 Å². The molecule has 0 fully saturated rings. The number of hydrogen-bond donors (Lipinski definition) is 0. The van der Waals surface area contributed by atoms with E-state index in [9.17, 15) is 31.5 Å². The van der Waals surface area contributed by atoms with E-state index in [1.165, 1.54) is 0 Å². The number of hydrogen-bond acceptors (Lipinski definition) is 4. The van der Waals surface area contributed by atoms with Gasteiger partial charge in [-0.2, -0.15) is 22.0 Å². The molecule has 0 unspecified atom stereocenters. The summed E-state index contributed by atoms with van der Waals surface area (Å²) < 4.78 is 67.0. The molecule has 0 heterocycles. The molecule has 0 saturated carbocycles. The summed E-state index contributed by atoms with van der Waals surface area (Å²) in [5.41, 5.74) is 0. The van der Waals surface area contributed by atoms with Crippen molar-refractivity contribution in [1.29, 1.82) is 0 Å². The molecule has 9 heteroatoms. The summed E-state index contributed by atoms with van der Waals surface area (Å²) in [6, 6.07) is 0. The molecule has 0 spiro atoms. The molecule has 0 aliphatic rings. The first kappa shape index (κ1) is 15.3. The monoisotopic (exact) mass is 262 g/mol. The smallest absolute Gasteiger partial charge is 0.456 e. The minimum Gasteiger partial charge on any atom is -0.456 e. The Morgan fingerprint density at radius 2 is 1.65 bits per heavy atom. The van der Waals surface area contributed by atoms with Gasteiger partial charge in [-0.25, -0.2) is 9.59 Å². The predicted molar refractivity (Wildman–Crippen MR) is 43.1 cm³/mol. The van der Waals surface area contributed by atoms with Crippen molar-refractivity contribution in [2.24, 2.45) is 0 Å². The Hall–Kier alpha value is -1.67. The van der Waals surface area contributed by atoms with E-state index in [2.05, 4.69) is 16.1 Å². The minimum absolute atomic E-state index is 0.678. The lowest BCUT2D eigenvalue weighted by molar-refractivity contribution is -0.294. The second-order valence-corrected chi connectivity index (χ2v) is 2.67. The summed E-state index contributed by atoms with van der Waals surface area (Å²) in [4.78, 5) is 21.0. The van der Waals surface area contributed by atoms with Gasteiger partial charge in [-0.05, 0) is 0 Å². The van der Waals surface area contributed by atoms with Gasteiger partial charge in [0.1, 0.15) is 0 Å². The van der Waals surface area contributed by atoms with Crippen LogP contribution in [-0.4, -0.2) is 37.3 Å². The van der Waals surface area contributed by atoms with Crippen LogP contribution in [0.3, 0.4) is 0 Å². The van der Waals surface area contributed by atoms with E-state index >= 15 is 0 Å².